The van der Waals surface area contributed by atoms with Crippen molar-refractivity contribution in [3.63, 3.8) is 0 Å². The van der Waals surface area contributed by atoms with Gasteiger partial charge >= 0.3 is 0 Å². The summed E-state index contributed by atoms with van der Waals surface area (Å²) in [5.74, 6) is 0.0392. The average molecular weight is 519 g/mol. The fraction of sp³-hybridized carbons (Fsp3) is 0.406. The maximum Gasteiger partial charge on any atom is 0.256 e. The molecule has 1 amide bonds. The van der Waals surface area contributed by atoms with Crippen LogP contribution in [0.2, 0.25) is 0 Å². The van der Waals surface area contributed by atoms with Gasteiger partial charge in [0.05, 0.1) is 5.56 Å². The summed E-state index contributed by atoms with van der Waals surface area (Å²) in [6.07, 6.45) is 5.85. The van der Waals surface area contributed by atoms with E-state index in [1.54, 1.807) is 29.2 Å². The molecule has 3 aromatic rings. The Hall–Kier alpha value is -3.25. The Kier molecular flexibility index (Phi) is 8.38. The van der Waals surface area contributed by atoms with Gasteiger partial charge < -0.3 is 9.64 Å². The highest BCUT2D eigenvalue weighted by Gasteiger charge is 2.37. The van der Waals surface area contributed by atoms with Crippen LogP contribution in [-0.4, -0.2) is 48.5 Å². The lowest BCUT2D eigenvalue weighted by molar-refractivity contribution is 0.0356. The zero-order chi connectivity index (χ0) is 26.4. The molecular formula is C32H36F2N2O2. The third-order valence-electron chi connectivity index (χ3n) is 8.17. The van der Waals surface area contributed by atoms with Crippen LogP contribution in [0.1, 0.15) is 53.6 Å². The maximum atomic E-state index is 14.6. The fourth-order valence-corrected chi connectivity index (χ4v) is 5.98. The second-order valence-corrected chi connectivity index (χ2v) is 10.7. The van der Waals surface area contributed by atoms with Crippen LogP contribution in [0.15, 0.2) is 72.8 Å². The third kappa shape index (κ3) is 6.24. The number of para-hydroxylation sites is 1. The van der Waals surface area contributed by atoms with E-state index >= 15 is 0 Å². The van der Waals surface area contributed by atoms with Crippen LogP contribution in [0.3, 0.4) is 0 Å². The first kappa shape index (κ1) is 26.4. The fourth-order valence-electron chi connectivity index (χ4n) is 5.98. The first-order valence-corrected chi connectivity index (χ1v) is 13.7. The number of likely N-dealkylation sites (tertiary alicyclic amines) is 1. The Morgan fingerprint density at radius 1 is 0.816 bits per heavy atom. The van der Waals surface area contributed by atoms with Gasteiger partial charge in [-0.25, -0.2) is 8.78 Å². The summed E-state index contributed by atoms with van der Waals surface area (Å²) in [6.45, 7) is 3.73. The topological polar surface area (TPSA) is 32.8 Å². The van der Waals surface area contributed by atoms with Crippen LogP contribution in [0.4, 0.5) is 8.78 Å². The predicted molar refractivity (Wildman–Crippen MR) is 145 cm³/mol. The van der Waals surface area contributed by atoms with Crippen LogP contribution in [0.25, 0.3) is 0 Å². The summed E-state index contributed by atoms with van der Waals surface area (Å²) in [5.41, 5.74) is 2.06. The van der Waals surface area contributed by atoms with Crippen LogP contribution < -0.4 is 4.74 Å². The van der Waals surface area contributed by atoms with Crippen molar-refractivity contribution in [2.24, 2.45) is 5.41 Å². The number of fused-ring (bicyclic) bond motifs is 1. The highest BCUT2D eigenvalue weighted by atomic mass is 19.1. The van der Waals surface area contributed by atoms with E-state index in [1.807, 2.05) is 24.3 Å². The maximum absolute atomic E-state index is 14.6. The van der Waals surface area contributed by atoms with Crippen molar-refractivity contribution in [3.8, 4) is 5.75 Å². The molecule has 2 heterocycles. The van der Waals surface area contributed by atoms with E-state index in [2.05, 4.69) is 17.0 Å². The molecule has 0 bridgehead atoms. The van der Waals surface area contributed by atoms with Crippen molar-refractivity contribution in [2.45, 2.75) is 45.1 Å². The van der Waals surface area contributed by atoms with Crippen LogP contribution in [0, 0.1) is 17.0 Å². The van der Waals surface area contributed by atoms with E-state index in [0.29, 0.717) is 38.3 Å². The van der Waals surface area contributed by atoms with Gasteiger partial charge in [-0.2, -0.15) is 0 Å². The lowest BCUT2D eigenvalue weighted by atomic mass is 9.73. The molecule has 1 fully saturated rings. The third-order valence-corrected chi connectivity index (χ3v) is 8.17. The number of benzene rings is 3. The van der Waals surface area contributed by atoms with E-state index in [1.165, 1.54) is 17.7 Å². The molecule has 3 aromatic carbocycles. The minimum atomic E-state index is -0.472. The Morgan fingerprint density at radius 2 is 1.53 bits per heavy atom. The number of rotatable bonds is 3. The Balaban J connectivity index is 1.35. The number of carbonyl (C=O) groups is 1. The molecule has 38 heavy (non-hydrogen) atoms. The summed E-state index contributed by atoms with van der Waals surface area (Å²) in [7, 11) is 0. The van der Waals surface area contributed by atoms with Gasteiger partial charge in [-0.05, 0) is 67.3 Å². The number of amides is 1. The van der Waals surface area contributed by atoms with Crippen molar-refractivity contribution in [1.29, 1.82) is 0 Å². The molecule has 0 unspecified atom stereocenters. The van der Waals surface area contributed by atoms with E-state index in [-0.39, 0.29) is 22.7 Å². The number of aryl methyl sites for hydroxylation is 1. The minimum Gasteiger partial charge on any atom is -0.492 e. The van der Waals surface area contributed by atoms with Gasteiger partial charge in [0.25, 0.3) is 5.91 Å². The van der Waals surface area contributed by atoms with E-state index in [4.69, 9.17) is 4.74 Å². The molecule has 0 atom stereocenters. The van der Waals surface area contributed by atoms with Crippen molar-refractivity contribution in [1.82, 2.24) is 9.80 Å². The van der Waals surface area contributed by atoms with Gasteiger partial charge in [-0.3, -0.25) is 9.69 Å². The standard InChI is InChI=1S/C32H36F2N2O2/c33-28-13-4-1-11-26(28)23-35-21-22-38-30-15-6-2-9-25(30)10-7-8-16-32(24-35)17-19-36(20-18-32)31(37)27-12-3-5-14-29(27)34/h1-6,9,11-15H,7-8,10,16-24H2. The smallest absolute Gasteiger partial charge is 0.256 e. The van der Waals surface area contributed by atoms with Crippen molar-refractivity contribution in [2.75, 3.05) is 32.8 Å². The molecule has 4 nitrogen and oxygen atoms in total. The molecule has 0 saturated carbocycles. The van der Waals surface area contributed by atoms with Gasteiger partial charge in [-0.15, -0.1) is 0 Å². The Morgan fingerprint density at radius 3 is 2.32 bits per heavy atom. The number of nitrogens with zero attached hydrogens (tertiary/aromatic N) is 2. The Bertz CT molecular complexity index is 1240. The lowest BCUT2D eigenvalue weighted by Gasteiger charge is -2.45. The summed E-state index contributed by atoms with van der Waals surface area (Å²) in [6, 6.07) is 21.4. The van der Waals surface area contributed by atoms with Crippen LogP contribution in [0.5, 0.6) is 5.75 Å². The summed E-state index contributed by atoms with van der Waals surface area (Å²) >= 11 is 0. The quantitative estimate of drug-likeness (QED) is 0.397. The number of hydrogen-bond acceptors (Lipinski definition) is 3. The van der Waals surface area contributed by atoms with Gasteiger partial charge in [0.2, 0.25) is 0 Å². The number of hydrogen-bond donors (Lipinski definition) is 0. The number of piperidine rings is 1. The van der Waals surface area contributed by atoms with E-state index in [9.17, 15) is 13.6 Å². The van der Waals surface area contributed by atoms with Gasteiger partial charge in [0, 0.05) is 38.3 Å². The van der Waals surface area contributed by atoms with Gasteiger partial charge in [0.1, 0.15) is 24.0 Å². The number of ether oxygens (including phenoxy) is 1. The molecule has 0 radical (unpaired) electrons. The summed E-state index contributed by atoms with van der Waals surface area (Å²) < 4.78 is 35.1. The average Bonchev–Trinajstić information content (AvgIpc) is 2.93. The highest BCUT2D eigenvalue weighted by molar-refractivity contribution is 5.94. The monoisotopic (exact) mass is 518 g/mol. The normalized spacial score (nSPS) is 18.6. The van der Waals surface area contributed by atoms with Crippen LogP contribution in [-0.2, 0) is 13.0 Å². The number of halogens is 2. The molecule has 1 spiro atoms. The molecule has 0 aromatic heterocycles. The van der Waals surface area contributed by atoms with Gasteiger partial charge in [0.15, 0.2) is 0 Å². The lowest BCUT2D eigenvalue weighted by Crippen LogP contribution is -2.48. The highest BCUT2D eigenvalue weighted by Crippen LogP contribution is 2.39. The van der Waals surface area contributed by atoms with Crippen molar-refractivity contribution < 1.29 is 18.3 Å². The summed E-state index contributed by atoms with van der Waals surface area (Å²) in [4.78, 5) is 17.2. The molecule has 0 N–H and O–H groups in total. The van der Waals surface area contributed by atoms with E-state index < -0.39 is 5.82 Å². The Labute approximate surface area is 224 Å². The molecule has 0 aliphatic carbocycles. The van der Waals surface area contributed by atoms with Crippen LogP contribution >= 0.6 is 0 Å². The second kappa shape index (κ2) is 12.1. The zero-order valence-electron chi connectivity index (χ0n) is 21.9. The molecule has 1 saturated heterocycles. The largest absolute Gasteiger partial charge is 0.492 e. The molecule has 6 heteroatoms. The van der Waals surface area contributed by atoms with Gasteiger partial charge in [-0.1, -0.05) is 55.0 Å². The molecule has 200 valence electrons. The van der Waals surface area contributed by atoms with Crippen molar-refractivity contribution in [3.05, 3.63) is 101 Å². The zero-order valence-corrected chi connectivity index (χ0v) is 21.9. The summed E-state index contributed by atoms with van der Waals surface area (Å²) in [5, 5.41) is 0. The number of carbonyl (C=O) groups excluding carboxylic acids is 1. The van der Waals surface area contributed by atoms with Crippen molar-refractivity contribution >= 4 is 5.91 Å². The first-order chi connectivity index (χ1) is 18.5. The molecule has 2 aliphatic rings. The SMILES string of the molecule is O=C(c1ccccc1F)N1CCC2(CCCCc3ccccc3OCCN(Cc3ccccc3F)C2)CC1. The molecule has 5 rings (SSSR count). The minimum absolute atomic E-state index is 0.00990. The second-order valence-electron chi connectivity index (χ2n) is 10.7. The predicted octanol–water partition coefficient (Wildman–Crippen LogP) is 6.49. The first-order valence-electron chi connectivity index (χ1n) is 13.7. The molecular weight excluding hydrogens is 482 g/mol. The molecule has 2 aliphatic heterocycles. The van der Waals surface area contributed by atoms with E-state index in [0.717, 1.165) is 50.8 Å².